The summed E-state index contributed by atoms with van der Waals surface area (Å²) in [6.07, 6.45) is 3.69. The van der Waals surface area contributed by atoms with E-state index < -0.39 is 0 Å². The molecule has 100 valence electrons. The maximum Gasteiger partial charge on any atom is 0.222 e. The molecule has 0 aliphatic rings. The van der Waals surface area contributed by atoms with Crippen molar-refractivity contribution in [1.82, 2.24) is 4.90 Å². The van der Waals surface area contributed by atoms with Crippen LogP contribution in [0.5, 0.6) is 0 Å². The van der Waals surface area contributed by atoms with Crippen LogP contribution in [0.1, 0.15) is 42.9 Å². The predicted octanol–water partition coefficient (Wildman–Crippen LogP) is 3.49. The van der Waals surface area contributed by atoms with Crippen molar-refractivity contribution in [2.45, 2.75) is 46.5 Å². The van der Waals surface area contributed by atoms with Crippen molar-refractivity contribution in [3.05, 3.63) is 34.9 Å². The second-order valence-corrected chi connectivity index (χ2v) is 5.10. The van der Waals surface area contributed by atoms with E-state index in [1.54, 1.807) is 0 Å². The molecule has 1 amide bonds. The average molecular weight is 247 g/mol. The van der Waals surface area contributed by atoms with Gasteiger partial charge in [0.25, 0.3) is 0 Å². The number of carbonyl (C=O) groups is 1. The van der Waals surface area contributed by atoms with Gasteiger partial charge in [0.1, 0.15) is 0 Å². The van der Waals surface area contributed by atoms with Crippen molar-refractivity contribution in [3.63, 3.8) is 0 Å². The molecule has 0 aliphatic heterocycles. The minimum Gasteiger partial charge on any atom is -0.346 e. The molecule has 0 N–H and O–H groups in total. The molecule has 0 aromatic heterocycles. The Morgan fingerprint density at radius 1 is 1.28 bits per heavy atom. The van der Waals surface area contributed by atoms with Gasteiger partial charge in [0, 0.05) is 20.0 Å². The quantitative estimate of drug-likeness (QED) is 0.753. The van der Waals surface area contributed by atoms with Crippen LogP contribution in [0, 0.1) is 13.8 Å². The largest absolute Gasteiger partial charge is 0.346 e. The van der Waals surface area contributed by atoms with E-state index in [1.807, 2.05) is 11.9 Å². The Labute approximate surface area is 111 Å². The Kier molecular flexibility index (Phi) is 5.90. The zero-order chi connectivity index (χ0) is 13.5. The Bertz CT molecular complexity index is 398. The van der Waals surface area contributed by atoms with Crippen LogP contribution in [0.15, 0.2) is 18.2 Å². The number of aryl methyl sites for hydroxylation is 3. The molecular formula is C16H25NO. The van der Waals surface area contributed by atoms with Gasteiger partial charge in [0.2, 0.25) is 5.91 Å². The summed E-state index contributed by atoms with van der Waals surface area (Å²) in [7, 11) is 1.90. The summed E-state index contributed by atoms with van der Waals surface area (Å²) >= 11 is 0. The van der Waals surface area contributed by atoms with Crippen LogP contribution in [-0.2, 0) is 11.2 Å². The first-order valence-electron chi connectivity index (χ1n) is 6.84. The van der Waals surface area contributed by atoms with Crippen molar-refractivity contribution in [1.29, 1.82) is 0 Å². The van der Waals surface area contributed by atoms with Gasteiger partial charge in [-0.3, -0.25) is 4.79 Å². The summed E-state index contributed by atoms with van der Waals surface area (Å²) in [5.41, 5.74) is 3.86. The van der Waals surface area contributed by atoms with E-state index in [1.165, 1.54) is 16.7 Å². The van der Waals surface area contributed by atoms with E-state index in [0.29, 0.717) is 6.42 Å². The van der Waals surface area contributed by atoms with E-state index in [4.69, 9.17) is 0 Å². The van der Waals surface area contributed by atoms with Crippen LogP contribution >= 0.6 is 0 Å². The maximum absolute atomic E-state index is 11.9. The summed E-state index contributed by atoms with van der Waals surface area (Å²) in [5, 5.41) is 0. The molecule has 0 saturated heterocycles. The zero-order valence-corrected chi connectivity index (χ0v) is 12.1. The van der Waals surface area contributed by atoms with Crippen molar-refractivity contribution in [2.24, 2.45) is 0 Å². The van der Waals surface area contributed by atoms with Gasteiger partial charge in [-0.15, -0.1) is 0 Å². The Hall–Kier alpha value is -1.31. The molecule has 0 aliphatic carbocycles. The molecule has 1 aromatic rings. The summed E-state index contributed by atoms with van der Waals surface area (Å²) in [6.45, 7) is 7.24. The SMILES string of the molecule is CCCCN(C)C(=O)CCc1ccc(C)cc1C. The van der Waals surface area contributed by atoms with Gasteiger partial charge in [-0.25, -0.2) is 0 Å². The first-order valence-corrected chi connectivity index (χ1v) is 6.84. The monoisotopic (exact) mass is 247 g/mol. The maximum atomic E-state index is 11.9. The lowest BCUT2D eigenvalue weighted by Crippen LogP contribution is -2.27. The number of benzene rings is 1. The van der Waals surface area contributed by atoms with E-state index in [2.05, 4.69) is 39.0 Å². The third-order valence-corrected chi connectivity index (χ3v) is 3.38. The third kappa shape index (κ3) is 4.52. The van der Waals surface area contributed by atoms with Crippen LogP contribution in [0.3, 0.4) is 0 Å². The Morgan fingerprint density at radius 2 is 2.00 bits per heavy atom. The van der Waals surface area contributed by atoms with Crippen LogP contribution in [-0.4, -0.2) is 24.4 Å². The number of unbranched alkanes of at least 4 members (excludes halogenated alkanes) is 1. The number of hydrogen-bond donors (Lipinski definition) is 0. The lowest BCUT2D eigenvalue weighted by molar-refractivity contribution is -0.129. The molecule has 0 radical (unpaired) electrons. The topological polar surface area (TPSA) is 20.3 Å². The highest BCUT2D eigenvalue weighted by molar-refractivity contribution is 5.76. The Morgan fingerprint density at radius 3 is 2.61 bits per heavy atom. The van der Waals surface area contributed by atoms with Gasteiger partial charge in [-0.05, 0) is 37.8 Å². The number of rotatable bonds is 6. The molecule has 2 nitrogen and oxygen atoms in total. The summed E-state index contributed by atoms with van der Waals surface area (Å²) < 4.78 is 0. The number of carbonyl (C=O) groups excluding carboxylic acids is 1. The van der Waals surface area contributed by atoms with Gasteiger partial charge in [0.05, 0.1) is 0 Å². The van der Waals surface area contributed by atoms with Crippen LogP contribution in [0.4, 0.5) is 0 Å². The minimum atomic E-state index is 0.253. The lowest BCUT2D eigenvalue weighted by atomic mass is 10.0. The molecule has 0 fully saturated rings. The molecule has 0 unspecified atom stereocenters. The van der Waals surface area contributed by atoms with Crippen LogP contribution in [0.25, 0.3) is 0 Å². The van der Waals surface area contributed by atoms with E-state index in [-0.39, 0.29) is 5.91 Å². The number of amides is 1. The van der Waals surface area contributed by atoms with Gasteiger partial charge >= 0.3 is 0 Å². The number of hydrogen-bond acceptors (Lipinski definition) is 1. The van der Waals surface area contributed by atoms with Crippen LogP contribution < -0.4 is 0 Å². The second-order valence-electron chi connectivity index (χ2n) is 5.10. The average Bonchev–Trinajstić information content (AvgIpc) is 2.34. The van der Waals surface area contributed by atoms with E-state index >= 15 is 0 Å². The highest BCUT2D eigenvalue weighted by atomic mass is 16.2. The standard InChI is InChI=1S/C16H25NO/c1-5-6-11-17(4)16(18)10-9-15-8-7-13(2)12-14(15)3/h7-8,12H,5-6,9-11H2,1-4H3. The van der Waals surface area contributed by atoms with Crippen molar-refractivity contribution >= 4 is 5.91 Å². The highest BCUT2D eigenvalue weighted by Crippen LogP contribution is 2.13. The van der Waals surface area contributed by atoms with Gasteiger partial charge in [-0.1, -0.05) is 37.1 Å². The van der Waals surface area contributed by atoms with Crippen molar-refractivity contribution < 1.29 is 4.79 Å². The first kappa shape index (κ1) is 14.7. The molecular weight excluding hydrogens is 222 g/mol. The van der Waals surface area contributed by atoms with Gasteiger partial charge in [0.15, 0.2) is 0 Å². The summed E-state index contributed by atoms with van der Waals surface area (Å²) in [5.74, 6) is 0.253. The summed E-state index contributed by atoms with van der Waals surface area (Å²) in [6, 6.07) is 6.44. The molecule has 1 aromatic carbocycles. The smallest absolute Gasteiger partial charge is 0.222 e. The molecule has 0 spiro atoms. The fraction of sp³-hybridized carbons (Fsp3) is 0.562. The van der Waals surface area contributed by atoms with Gasteiger partial charge < -0.3 is 4.90 Å². The van der Waals surface area contributed by atoms with Crippen molar-refractivity contribution in [3.8, 4) is 0 Å². The normalized spacial score (nSPS) is 10.4. The molecule has 0 saturated carbocycles. The molecule has 18 heavy (non-hydrogen) atoms. The molecule has 1 rings (SSSR count). The zero-order valence-electron chi connectivity index (χ0n) is 12.1. The summed E-state index contributed by atoms with van der Waals surface area (Å²) in [4.78, 5) is 13.8. The van der Waals surface area contributed by atoms with Gasteiger partial charge in [-0.2, -0.15) is 0 Å². The van der Waals surface area contributed by atoms with E-state index in [0.717, 1.165) is 25.8 Å². The highest BCUT2D eigenvalue weighted by Gasteiger charge is 2.09. The molecule has 0 bridgehead atoms. The van der Waals surface area contributed by atoms with Crippen LogP contribution in [0.2, 0.25) is 0 Å². The fourth-order valence-electron chi connectivity index (χ4n) is 2.08. The molecule has 0 atom stereocenters. The van der Waals surface area contributed by atoms with Crippen molar-refractivity contribution in [2.75, 3.05) is 13.6 Å². The molecule has 2 heteroatoms. The number of nitrogens with zero attached hydrogens (tertiary/aromatic N) is 1. The second kappa shape index (κ2) is 7.20. The van der Waals surface area contributed by atoms with E-state index in [9.17, 15) is 4.79 Å². The lowest BCUT2D eigenvalue weighted by Gasteiger charge is -2.17. The first-order chi connectivity index (χ1) is 8.54. The minimum absolute atomic E-state index is 0.253. The Balaban J connectivity index is 2.47. The fourth-order valence-corrected chi connectivity index (χ4v) is 2.08. The predicted molar refractivity (Wildman–Crippen MR) is 76.8 cm³/mol. The third-order valence-electron chi connectivity index (χ3n) is 3.38. The molecule has 0 heterocycles.